The summed E-state index contributed by atoms with van der Waals surface area (Å²) in [6.07, 6.45) is 1.19. The number of carbonyl (C=O) groups is 1. The molecule has 8 heteroatoms. The van der Waals surface area contributed by atoms with Gasteiger partial charge in [0.25, 0.3) is 0 Å². The van der Waals surface area contributed by atoms with Crippen molar-refractivity contribution < 1.29 is 9.53 Å². The number of amides is 1. The van der Waals surface area contributed by atoms with E-state index in [0.29, 0.717) is 29.4 Å². The third kappa shape index (κ3) is 4.91. The number of benzene rings is 1. The number of anilines is 1. The van der Waals surface area contributed by atoms with Crippen LogP contribution in [0.2, 0.25) is 0 Å². The molecular formula is C26H28N6O2. The zero-order chi connectivity index (χ0) is 24.5. The summed E-state index contributed by atoms with van der Waals surface area (Å²) in [6.45, 7) is 11.8. The normalized spacial score (nSPS) is 11.4. The average molecular weight is 457 g/mol. The first-order valence-corrected chi connectivity index (χ1v) is 10.9. The number of aromatic nitrogens is 4. The molecule has 0 bridgehead atoms. The Kier molecular flexibility index (Phi) is 6.06. The third-order valence-corrected chi connectivity index (χ3v) is 5.05. The van der Waals surface area contributed by atoms with Gasteiger partial charge in [-0.05, 0) is 75.2 Å². The summed E-state index contributed by atoms with van der Waals surface area (Å²) in [4.78, 5) is 25.8. The van der Waals surface area contributed by atoms with Gasteiger partial charge in [0.15, 0.2) is 11.5 Å². The van der Waals surface area contributed by atoms with E-state index in [1.54, 1.807) is 6.20 Å². The number of nitrogens with one attached hydrogen (secondary N) is 1. The second kappa shape index (κ2) is 8.97. The first-order valence-electron chi connectivity index (χ1n) is 10.9. The number of allylic oxidation sites excluding steroid dienone is 1. The molecule has 0 saturated heterocycles. The molecule has 1 amide bonds. The standard InChI is InChI=1S/C26H28N6O2/c1-16(2)20-12-13-21-24(30-20)32(23(31-21)19-7-6-14-28-22(19)27)18-10-8-17(9-11-18)15-29-25(33)34-26(3,4)5/h6-14H,1,15H2,2-5H3,(H2,27,28)(H,29,33). The molecule has 3 heterocycles. The largest absolute Gasteiger partial charge is 0.444 e. The maximum Gasteiger partial charge on any atom is 0.407 e. The van der Waals surface area contributed by atoms with Crippen molar-refractivity contribution in [1.82, 2.24) is 24.8 Å². The van der Waals surface area contributed by atoms with E-state index < -0.39 is 11.7 Å². The van der Waals surface area contributed by atoms with Crippen molar-refractivity contribution in [2.24, 2.45) is 0 Å². The fourth-order valence-corrected chi connectivity index (χ4v) is 3.48. The van der Waals surface area contributed by atoms with Gasteiger partial charge in [0.05, 0.1) is 11.3 Å². The Balaban J connectivity index is 1.73. The predicted octanol–water partition coefficient (Wildman–Crippen LogP) is 5.12. The van der Waals surface area contributed by atoms with Crippen LogP contribution in [-0.4, -0.2) is 31.2 Å². The van der Waals surface area contributed by atoms with Crippen molar-refractivity contribution in [3.8, 4) is 17.1 Å². The summed E-state index contributed by atoms with van der Waals surface area (Å²) in [5.74, 6) is 1.03. The lowest BCUT2D eigenvalue weighted by atomic mass is 10.2. The Morgan fingerprint density at radius 3 is 2.50 bits per heavy atom. The van der Waals surface area contributed by atoms with Gasteiger partial charge in [-0.2, -0.15) is 0 Å². The Morgan fingerprint density at radius 1 is 1.12 bits per heavy atom. The lowest BCUT2D eigenvalue weighted by Gasteiger charge is -2.19. The van der Waals surface area contributed by atoms with Crippen molar-refractivity contribution in [2.75, 3.05) is 5.73 Å². The molecule has 4 aromatic rings. The van der Waals surface area contributed by atoms with E-state index in [2.05, 4.69) is 16.9 Å². The Morgan fingerprint density at radius 2 is 1.85 bits per heavy atom. The molecule has 3 aromatic heterocycles. The van der Waals surface area contributed by atoms with Gasteiger partial charge in [0.2, 0.25) is 0 Å². The number of rotatable bonds is 5. The third-order valence-electron chi connectivity index (χ3n) is 5.05. The summed E-state index contributed by atoms with van der Waals surface area (Å²) in [7, 11) is 0. The van der Waals surface area contributed by atoms with E-state index in [9.17, 15) is 4.79 Å². The molecule has 0 unspecified atom stereocenters. The van der Waals surface area contributed by atoms with Crippen LogP contribution in [0.4, 0.5) is 10.6 Å². The smallest absolute Gasteiger partial charge is 0.407 e. The molecular weight excluding hydrogens is 428 g/mol. The number of imidazole rings is 1. The first-order chi connectivity index (χ1) is 16.1. The Labute approximate surface area is 198 Å². The van der Waals surface area contributed by atoms with Crippen molar-refractivity contribution in [3.63, 3.8) is 0 Å². The maximum absolute atomic E-state index is 12.0. The monoisotopic (exact) mass is 456 g/mol. The molecule has 0 aliphatic carbocycles. The zero-order valence-corrected chi connectivity index (χ0v) is 19.8. The number of carbonyl (C=O) groups excluding carboxylic acids is 1. The molecule has 8 nitrogen and oxygen atoms in total. The minimum absolute atomic E-state index is 0.348. The van der Waals surface area contributed by atoms with E-state index in [1.165, 1.54) is 0 Å². The summed E-state index contributed by atoms with van der Waals surface area (Å²) in [6, 6.07) is 15.3. The number of alkyl carbamates (subject to hydrolysis) is 1. The minimum Gasteiger partial charge on any atom is -0.444 e. The van der Waals surface area contributed by atoms with Gasteiger partial charge in [-0.1, -0.05) is 18.7 Å². The van der Waals surface area contributed by atoms with Crippen LogP contribution < -0.4 is 11.1 Å². The molecule has 4 rings (SSSR count). The minimum atomic E-state index is -0.545. The molecule has 34 heavy (non-hydrogen) atoms. The molecule has 0 atom stereocenters. The quantitative estimate of drug-likeness (QED) is 0.431. The molecule has 3 N–H and O–H groups in total. The van der Waals surface area contributed by atoms with E-state index in [1.807, 2.05) is 80.8 Å². The number of pyridine rings is 2. The summed E-state index contributed by atoms with van der Waals surface area (Å²) in [5, 5.41) is 2.78. The van der Waals surface area contributed by atoms with E-state index >= 15 is 0 Å². The van der Waals surface area contributed by atoms with Crippen molar-refractivity contribution in [2.45, 2.75) is 39.8 Å². The summed E-state index contributed by atoms with van der Waals surface area (Å²) in [5.41, 5.74) is 11.2. The van der Waals surface area contributed by atoms with Gasteiger partial charge in [0.1, 0.15) is 16.9 Å². The van der Waals surface area contributed by atoms with Gasteiger partial charge >= 0.3 is 6.09 Å². The van der Waals surface area contributed by atoms with Crippen LogP contribution in [0.1, 0.15) is 39.0 Å². The van der Waals surface area contributed by atoms with Crippen molar-refractivity contribution in [3.05, 3.63) is 72.6 Å². The van der Waals surface area contributed by atoms with E-state index in [0.717, 1.165) is 28.0 Å². The van der Waals surface area contributed by atoms with Crippen molar-refractivity contribution in [1.29, 1.82) is 0 Å². The predicted molar refractivity (Wildman–Crippen MR) is 134 cm³/mol. The maximum atomic E-state index is 12.0. The highest BCUT2D eigenvalue weighted by atomic mass is 16.6. The molecule has 1 aromatic carbocycles. The molecule has 0 aliphatic heterocycles. The second-order valence-corrected chi connectivity index (χ2v) is 9.05. The van der Waals surface area contributed by atoms with E-state index in [4.69, 9.17) is 20.4 Å². The molecule has 0 radical (unpaired) electrons. The van der Waals surface area contributed by atoms with Crippen LogP contribution in [0.5, 0.6) is 0 Å². The van der Waals surface area contributed by atoms with Crippen molar-refractivity contribution >= 4 is 28.6 Å². The number of nitrogens with zero attached hydrogens (tertiary/aromatic N) is 4. The number of nitrogens with two attached hydrogens (primary N) is 1. The van der Waals surface area contributed by atoms with Gasteiger partial charge in [-0.25, -0.2) is 19.7 Å². The first kappa shape index (κ1) is 23.0. The van der Waals surface area contributed by atoms with Crippen LogP contribution in [0.3, 0.4) is 0 Å². The van der Waals surface area contributed by atoms with Crippen LogP contribution in [0.15, 0.2) is 61.3 Å². The SMILES string of the molecule is C=C(C)c1ccc2nc(-c3cccnc3N)n(-c3ccc(CNC(=O)OC(C)(C)C)cc3)c2n1. The molecule has 0 saturated carbocycles. The zero-order valence-electron chi connectivity index (χ0n) is 19.8. The van der Waals surface area contributed by atoms with Gasteiger partial charge < -0.3 is 15.8 Å². The number of fused-ring (bicyclic) bond motifs is 1. The Hall–Kier alpha value is -4.20. The molecule has 174 valence electrons. The van der Waals surface area contributed by atoms with E-state index in [-0.39, 0.29) is 0 Å². The lowest BCUT2D eigenvalue weighted by Crippen LogP contribution is -2.32. The number of ether oxygens (including phenoxy) is 1. The second-order valence-electron chi connectivity index (χ2n) is 9.05. The lowest BCUT2D eigenvalue weighted by molar-refractivity contribution is 0.0523. The topological polar surface area (TPSA) is 108 Å². The van der Waals surface area contributed by atoms with Crippen LogP contribution in [0.25, 0.3) is 33.8 Å². The van der Waals surface area contributed by atoms with Gasteiger partial charge in [-0.15, -0.1) is 0 Å². The van der Waals surface area contributed by atoms with Crippen LogP contribution in [-0.2, 0) is 11.3 Å². The molecule has 0 aliphatic rings. The fourth-order valence-electron chi connectivity index (χ4n) is 3.48. The van der Waals surface area contributed by atoms with Gasteiger partial charge in [-0.3, -0.25) is 4.57 Å². The Bertz CT molecular complexity index is 1370. The highest BCUT2D eigenvalue weighted by molar-refractivity contribution is 5.84. The highest BCUT2D eigenvalue weighted by Gasteiger charge is 2.19. The fraction of sp³-hybridized carbons (Fsp3) is 0.231. The molecule has 0 fully saturated rings. The van der Waals surface area contributed by atoms with Crippen LogP contribution >= 0.6 is 0 Å². The van der Waals surface area contributed by atoms with Gasteiger partial charge in [0, 0.05) is 18.4 Å². The number of hydrogen-bond donors (Lipinski definition) is 2. The summed E-state index contributed by atoms with van der Waals surface area (Å²) >= 11 is 0. The highest BCUT2D eigenvalue weighted by Crippen LogP contribution is 2.31. The molecule has 0 spiro atoms. The summed E-state index contributed by atoms with van der Waals surface area (Å²) < 4.78 is 7.26. The van der Waals surface area contributed by atoms with Crippen LogP contribution in [0, 0.1) is 0 Å². The number of hydrogen-bond acceptors (Lipinski definition) is 6. The number of nitrogen functional groups attached to an aromatic ring is 1. The average Bonchev–Trinajstić information content (AvgIpc) is 3.15.